The molecule has 1 radical (unpaired) electrons. The van der Waals surface area contributed by atoms with Crippen LogP contribution in [0.25, 0.3) is 0 Å². The van der Waals surface area contributed by atoms with Gasteiger partial charge >= 0.3 is 0 Å². The first-order valence-corrected chi connectivity index (χ1v) is 4.62. The van der Waals surface area contributed by atoms with Crippen molar-refractivity contribution < 1.29 is 0 Å². The standard InChI is InChI=1S/C10H22N/c1-5-8(2)9(3)6-7-10(4)11/h8-10H,1,5-7,11H2,2-4H3. The second-order valence-electron chi connectivity index (χ2n) is 3.80. The van der Waals surface area contributed by atoms with Crippen LogP contribution in [0.5, 0.6) is 0 Å². The lowest BCUT2D eigenvalue weighted by molar-refractivity contribution is 0.349. The average Bonchev–Trinajstić information content (AvgIpc) is 1.98. The summed E-state index contributed by atoms with van der Waals surface area (Å²) in [5, 5.41) is 0. The molecule has 0 saturated carbocycles. The van der Waals surface area contributed by atoms with Crippen molar-refractivity contribution in [3.8, 4) is 0 Å². The van der Waals surface area contributed by atoms with Crippen molar-refractivity contribution >= 4 is 0 Å². The number of rotatable bonds is 5. The Bertz CT molecular complexity index is 88.9. The summed E-state index contributed by atoms with van der Waals surface area (Å²) in [4.78, 5) is 0. The van der Waals surface area contributed by atoms with Gasteiger partial charge in [-0.05, 0) is 31.6 Å². The fourth-order valence-corrected chi connectivity index (χ4v) is 1.09. The van der Waals surface area contributed by atoms with Crippen molar-refractivity contribution in [2.75, 3.05) is 0 Å². The van der Waals surface area contributed by atoms with E-state index in [-0.39, 0.29) is 0 Å². The van der Waals surface area contributed by atoms with E-state index in [1.165, 1.54) is 6.42 Å². The van der Waals surface area contributed by atoms with E-state index in [2.05, 4.69) is 27.7 Å². The highest BCUT2D eigenvalue weighted by Crippen LogP contribution is 2.19. The van der Waals surface area contributed by atoms with Gasteiger partial charge in [0.05, 0.1) is 0 Å². The fourth-order valence-electron chi connectivity index (χ4n) is 1.09. The molecule has 0 bridgehead atoms. The third-order valence-corrected chi connectivity index (χ3v) is 2.50. The van der Waals surface area contributed by atoms with Gasteiger partial charge in [-0.3, -0.25) is 0 Å². The van der Waals surface area contributed by atoms with E-state index in [0.717, 1.165) is 24.7 Å². The molecule has 0 fully saturated rings. The van der Waals surface area contributed by atoms with Crippen molar-refractivity contribution in [3.63, 3.8) is 0 Å². The maximum Gasteiger partial charge on any atom is 0.00105 e. The third kappa shape index (κ3) is 5.25. The quantitative estimate of drug-likeness (QED) is 0.650. The molecule has 0 heterocycles. The van der Waals surface area contributed by atoms with Crippen molar-refractivity contribution in [3.05, 3.63) is 6.92 Å². The molecule has 0 aromatic rings. The van der Waals surface area contributed by atoms with Crippen molar-refractivity contribution in [2.45, 2.75) is 46.1 Å². The zero-order valence-electron chi connectivity index (χ0n) is 8.14. The van der Waals surface area contributed by atoms with E-state index < -0.39 is 0 Å². The van der Waals surface area contributed by atoms with Gasteiger partial charge < -0.3 is 5.73 Å². The first-order valence-electron chi connectivity index (χ1n) is 4.62. The lowest BCUT2D eigenvalue weighted by Crippen LogP contribution is -2.17. The molecule has 0 amide bonds. The van der Waals surface area contributed by atoms with Crippen LogP contribution in [0.1, 0.15) is 40.0 Å². The summed E-state index contributed by atoms with van der Waals surface area (Å²) in [7, 11) is 0. The molecule has 0 saturated heterocycles. The molecule has 3 atom stereocenters. The van der Waals surface area contributed by atoms with Crippen LogP contribution in [0, 0.1) is 18.8 Å². The van der Waals surface area contributed by atoms with Crippen LogP contribution in [-0.2, 0) is 0 Å². The molecule has 67 valence electrons. The zero-order valence-corrected chi connectivity index (χ0v) is 8.14. The van der Waals surface area contributed by atoms with Gasteiger partial charge in [0.1, 0.15) is 0 Å². The monoisotopic (exact) mass is 156 g/mol. The second kappa shape index (κ2) is 5.59. The second-order valence-corrected chi connectivity index (χ2v) is 3.80. The smallest absolute Gasteiger partial charge is 0.00105 e. The van der Waals surface area contributed by atoms with Gasteiger partial charge in [0.2, 0.25) is 0 Å². The zero-order chi connectivity index (χ0) is 8.85. The summed E-state index contributed by atoms with van der Waals surface area (Å²) in [6.07, 6.45) is 3.43. The van der Waals surface area contributed by atoms with Crippen molar-refractivity contribution in [1.82, 2.24) is 0 Å². The molecule has 1 heteroatoms. The van der Waals surface area contributed by atoms with Crippen molar-refractivity contribution in [1.29, 1.82) is 0 Å². The summed E-state index contributed by atoms with van der Waals surface area (Å²) in [6, 6.07) is 0.356. The predicted octanol–water partition coefficient (Wildman–Crippen LogP) is 2.61. The van der Waals surface area contributed by atoms with Crippen molar-refractivity contribution in [2.24, 2.45) is 17.6 Å². The molecule has 0 aromatic carbocycles. The van der Waals surface area contributed by atoms with Crippen LogP contribution in [0.2, 0.25) is 0 Å². The van der Waals surface area contributed by atoms with Crippen LogP contribution >= 0.6 is 0 Å². The molecule has 1 nitrogen and oxygen atoms in total. The van der Waals surface area contributed by atoms with Crippen LogP contribution in [-0.4, -0.2) is 6.04 Å². The molecule has 0 aliphatic rings. The van der Waals surface area contributed by atoms with Crippen LogP contribution in [0.15, 0.2) is 0 Å². The minimum Gasteiger partial charge on any atom is -0.328 e. The topological polar surface area (TPSA) is 26.0 Å². The van der Waals surface area contributed by atoms with E-state index in [1.54, 1.807) is 0 Å². The Morgan fingerprint density at radius 1 is 1.09 bits per heavy atom. The maximum absolute atomic E-state index is 5.67. The summed E-state index contributed by atoms with van der Waals surface area (Å²) >= 11 is 0. The number of hydrogen-bond acceptors (Lipinski definition) is 1. The molecule has 11 heavy (non-hydrogen) atoms. The van der Waals surface area contributed by atoms with E-state index in [1.807, 2.05) is 0 Å². The normalized spacial score (nSPS) is 19.4. The first kappa shape index (κ1) is 11.0. The minimum atomic E-state index is 0.356. The Kier molecular flexibility index (Phi) is 5.57. The largest absolute Gasteiger partial charge is 0.328 e. The highest BCUT2D eigenvalue weighted by Gasteiger charge is 2.10. The van der Waals surface area contributed by atoms with Crippen LogP contribution < -0.4 is 5.73 Å². The molecule has 2 N–H and O–H groups in total. The van der Waals surface area contributed by atoms with Gasteiger partial charge in [0, 0.05) is 6.04 Å². The van der Waals surface area contributed by atoms with Gasteiger partial charge in [-0.1, -0.05) is 27.2 Å². The molecule has 0 spiro atoms. The van der Waals surface area contributed by atoms with Gasteiger partial charge in [0.25, 0.3) is 0 Å². The SMILES string of the molecule is [CH2]CC(C)C(C)CCC(C)N. The molecule has 0 aromatic heterocycles. The molecule has 3 unspecified atom stereocenters. The summed E-state index contributed by atoms with van der Waals surface area (Å²) in [6.45, 7) is 10.5. The Morgan fingerprint density at radius 3 is 2.00 bits per heavy atom. The highest BCUT2D eigenvalue weighted by atomic mass is 14.6. The summed E-state index contributed by atoms with van der Waals surface area (Å²) in [5.74, 6) is 1.52. The lowest BCUT2D eigenvalue weighted by atomic mass is 9.89. The van der Waals surface area contributed by atoms with Gasteiger partial charge in [0.15, 0.2) is 0 Å². The molecule has 0 aliphatic carbocycles. The molecular formula is C10H22N. The average molecular weight is 156 g/mol. The van der Waals surface area contributed by atoms with Crippen LogP contribution in [0.4, 0.5) is 0 Å². The lowest BCUT2D eigenvalue weighted by Gasteiger charge is -2.18. The van der Waals surface area contributed by atoms with Gasteiger partial charge in [-0.2, -0.15) is 0 Å². The van der Waals surface area contributed by atoms with Crippen LogP contribution in [0.3, 0.4) is 0 Å². The summed E-state index contributed by atoms with van der Waals surface area (Å²) in [5.41, 5.74) is 5.67. The number of nitrogens with two attached hydrogens (primary N) is 1. The van der Waals surface area contributed by atoms with E-state index in [0.29, 0.717) is 6.04 Å². The van der Waals surface area contributed by atoms with E-state index in [9.17, 15) is 0 Å². The first-order chi connectivity index (χ1) is 5.07. The fraction of sp³-hybridized carbons (Fsp3) is 0.900. The number of hydrogen-bond donors (Lipinski definition) is 1. The van der Waals surface area contributed by atoms with E-state index >= 15 is 0 Å². The summed E-state index contributed by atoms with van der Waals surface area (Å²) < 4.78 is 0. The predicted molar refractivity (Wildman–Crippen MR) is 51.2 cm³/mol. The Hall–Kier alpha value is -0.0400. The molecule has 0 aliphatic heterocycles. The van der Waals surface area contributed by atoms with E-state index in [4.69, 9.17) is 5.73 Å². The molecular weight excluding hydrogens is 134 g/mol. The Labute approximate surface area is 71.4 Å². The Morgan fingerprint density at radius 2 is 1.64 bits per heavy atom. The highest BCUT2D eigenvalue weighted by molar-refractivity contribution is 4.65. The van der Waals surface area contributed by atoms with Gasteiger partial charge in [-0.15, -0.1) is 0 Å². The third-order valence-electron chi connectivity index (χ3n) is 2.50. The Balaban J connectivity index is 3.43. The minimum absolute atomic E-state index is 0.356. The van der Waals surface area contributed by atoms with Gasteiger partial charge in [-0.25, -0.2) is 0 Å². The maximum atomic E-state index is 5.67. The molecule has 0 rings (SSSR count).